The number of halogens is 6. The Morgan fingerprint density at radius 2 is 1.77 bits per heavy atom. The lowest BCUT2D eigenvalue weighted by Crippen LogP contribution is -2.62. The molecular formula is C19H18F6N2O4. The number of amides is 2. The van der Waals surface area contributed by atoms with Crippen LogP contribution < -0.4 is 5.32 Å². The minimum Gasteiger partial charge on any atom is -0.447 e. The van der Waals surface area contributed by atoms with Crippen molar-refractivity contribution in [2.24, 2.45) is 5.92 Å². The SMILES string of the molecule is O=C1NC2(CO1)CC(C(=O)N1CC(OCc3ccc(C(F)(F)F)c(C(F)(F)F)c3)C1)C2. The normalized spacial score (nSPS) is 26.3. The third-order valence-corrected chi connectivity index (χ3v) is 5.81. The molecule has 3 fully saturated rings. The Kier molecular flexibility index (Phi) is 5.10. The lowest BCUT2D eigenvalue weighted by molar-refractivity contribution is -0.162. The van der Waals surface area contributed by atoms with E-state index in [9.17, 15) is 35.9 Å². The number of alkyl halides is 6. The van der Waals surface area contributed by atoms with Gasteiger partial charge < -0.3 is 19.7 Å². The molecule has 2 aliphatic heterocycles. The highest BCUT2D eigenvalue weighted by molar-refractivity contribution is 5.82. The lowest BCUT2D eigenvalue weighted by atomic mass is 9.68. The number of rotatable bonds is 4. The zero-order valence-electron chi connectivity index (χ0n) is 16.0. The van der Waals surface area contributed by atoms with Gasteiger partial charge in [0.25, 0.3) is 0 Å². The summed E-state index contributed by atoms with van der Waals surface area (Å²) in [4.78, 5) is 25.1. The molecule has 0 radical (unpaired) electrons. The van der Waals surface area contributed by atoms with Crippen LogP contribution in [0.2, 0.25) is 0 Å². The van der Waals surface area contributed by atoms with Crippen LogP contribution in [0.1, 0.15) is 29.5 Å². The van der Waals surface area contributed by atoms with Crippen LogP contribution in [0.4, 0.5) is 31.1 Å². The quantitative estimate of drug-likeness (QED) is 0.712. The van der Waals surface area contributed by atoms with E-state index in [1.807, 2.05) is 0 Å². The molecule has 6 nitrogen and oxygen atoms in total. The number of hydrogen-bond donors (Lipinski definition) is 1. The number of benzene rings is 1. The molecule has 12 heteroatoms. The Labute approximate surface area is 172 Å². The van der Waals surface area contributed by atoms with Crippen LogP contribution in [0.5, 0.6) is 0 Å². The van der Waals surface area contributed by atoms with Gasteiger partial charge in [0.2, 0.25) is 5.91 Å². The van der Waals surface area contributed by atoms with Crippen LogP contribution in [-0.2, 0) is 33.2 Å². The van der Waals surface area contributed by atoms with Crippen LogP contribution in [-0.4, -0.2) is 48.2 Å². The first-order valence-electron chi connectivity index (χ1n) is 9.49. The van der Waals surface area contributed by atoms with Crippen LogP contribution in [0.15, 0.2) is 18.2 Å². The van der Waals surface area contributed by atoms with Gasteiger partial charge in [-0.2, -0.15) is 26.3 Å². The molecular weight excluding hydrogens is 434 g/mol. The van der Waals surface area contributed by atoms with Gasteiger partial charge in [-0.3, -0.25) is 4.79 Å². The summed E-state index contributed by atoms with van der Waals surface area (Å²) < 4.78 is 87.8. The molecule has 4 rings (SSSR count). The van der Waals surface area contributed by atoms with E-state index < -0.39 is 41.2 Å². The first-order chi connectivity index (χ1) is 14.4. The third-order valence-electron chi connectivity index (χ3n) is 5.81. The number of nitrogens with zero attached hydrogens (tertiary/aromatic N) is 1. The summed E-state index contributed by atoms with van der Waals surface area (Å²) in [7, 11) is 0. The van der Waals surface area contributed by atoms with Crippen molar-refractivity contribution in [3.63, 3.8) is 0 Å². The van der Waals surface area contributed by atoms with E-state index in [0.29, 0.717) is 25.0 Å². The number of carbonyl (C=O) groups excluding carboxylic acids is 2. The van der Waals surface area contributed by atoms with E-state index in [-0.39, 0.29) is 43.7 Å². The molecule has 1 aromatic carbocycles. The zero-order valence-corrected chi connectivity index (χ0v) is 16.0. The lowest BCUT2D eigenvalue weighted by Gasteiger charge is -2.47. The number of cyclic esters (lactones) is 1. The average Bonchev–Trinajstić information content (AvgIpc) is 2.99. The van der Waals surface area contributed by atoms with Crippen LogP contribution >= 0.6 is 0 Å². The predicted molar refractivity (Wildman–Crippen MR) is 91.5 cm³/mol. The van der Waals surface area contributed by atoms with Gasteiger partial charge in [-0.15, -0.1) is 0 Å². The number of hydrogen-bond acceptors (Lipinski definition) is 4. The maximum atomic E-state index is 13.0. The van der Waals surface area contributed by atoms with Crippen molar-refractivity contribution in [3.05, 3.63) is 34.9 Å². The van der Waals surface area contributed by atoms with E-state index in [1.165, 1.54) is 0 Å². The molecule has 0 bridgehead atoms. The van der Waals surface area contributed by atoms with Gasteiger partial charge in [-0.05, 0) is 30.5 Å². The van der Waals surface area contributed by atoms with Gasteiger partial charge in [0.05, 0.1) is 29.4 Å². The van der Waals surface area contributed by atoms with E-state index in [2.05, 4.69) is 5.32 Å². The highest BCUT2D eigenvalue weighted by Crippen LogP contribution is 2.42. The van der Waals surface area contributed by atoms with Crippen molar-refractivity contribution in [1.82, 2.24) is 10.2 Å². The average molecular weight is 452 g/mol. The molecule has 1 aromatic rings. The maximum Gasteiger partial charge on any atom is 0.417 e. The minimum atomic E-state index is -5.15. The van der Waals surface area contributed by atoms with E-state index in [4.69, 9.17) is 9.47 Å². The minimum absolute atomic E-state index is 0.0389. The molecule has 2 heterocycles. The van der Waals surface area contributed by atoms with Gasteiger partial charge in [0.15, 0.2) is 0 Å². The predicted octanol–water partition coefficient (Wildman–Crippen LogP) is 3.34. The fourth-order valence-corrected chi connectivity index (χ4v) is 4.13. The standard InChI is InChI=1S/C19H18F6N2O4/c20-18(21,22)13-2-1-10(3-14(13)19(23,24)25)8-30-12-6-27(7-12)15(28)11-4-17(5-11)9-31-16(29)26-17/h1-3,11-12H,4-9H2,(H,26,29). The van der Waals surface area contributed by atoms with Crippen molar-refractivity contribution in [2.75, 3.05) is 19.7 Å². The molecule has 2 amide bonds. The van der Waals surface area contributed by atoms with E-state index in [0.717, 1.165) is 6.07 Å². The summed E-state index contributed by atoms with van der Waals surface area (Å²) in [6, 6.07) is 1.79. The number of carbonyl (C=O) groups is 2. The molecule has 2 saturated heterocycles. The van der Waals surface area contributed by atoms with Crippen LogP contribution in [0.25, 0.3) is 0 Å². The Morgan fingerprint density at radius 1 is 1.13 bits per heavy atom. The summed E-state index contributed by atoms with van der Waals surface area (Å²) in [6.07, 6.45) is -10.2. The van der Waals surface area contributed by atoms with Crippen LogP contribution in [0.3, 0.4) is 0 Å². The van der Waals surface area contributed by atoms with Gasteiger partial charge >= 0.3 is 18.4 Å². The summed E-state index contributed by atoms with van der Waals surface area (Å²) in [5.74, 6) is -0.340. The smallest absolute Gasteiger partial charge is 0.417 e. The third kappa shape index (κ3) is 4.30. The largest absolute Gasteiger partial charge is 0.447 e. The molecule has 31 heavy (non-hydrogen) atoms. The molecule has 3 aliphatic rings. The zero-order chi connectivity index (χ0) is 22.6. The first-order valence-corrected chi connectivity index (χ1v) is 9.49. The summed E-state index contributed by atoms with van der Waals surface area (Å²) in [5, 5.41) is 2.70. The fraction of sp³-hybridized carbons (Fsp3) is 0.579. The molecule has 170 valence electrons. The second kappa shape index (κ2) is 7.28. The van der Waals surface area contributed by atoms with Crippen molar-refractivity contribution < 1.29 is 45.4 Å². The fourth-order valence-electron chi connectivity index (χ4n) is 4.13. The topological polar surface area (TPSA) is 67.9 Å². The van der Waals surface area contributed by atoms with Gasteiger partial charge in [-0.1, -0.05) is 6.07 Å². The monoisotopic (exact) mass is 452 g/mol. The molecule has 1 saturated carbocycles. The molecule has 1 spiro atoms. The summed E-state index contributed by atoms with van der Waals surface area (Å²) in [6.45, 7) is 0.425. The van der Waals surface area contributed by atoms with E-state index in [1.54, 1.807) is 4.90 Å². The first kappa shape index (κ1) is 21.7. The van der Waals surface area contributed by atoms with E-state index >= 15 is 0 Å². The molecule has 1 N–H and O–H groups in total. The van der Waals surface area contributed by atoms with Gasteiger partial charge in [0, 0.05) is 19.0 Å². The molecule has 1 aliphatic carbocycles. The highest BCUT2D eigenvalue weighted by atomic mass is 19.4. The number of nitrogens with one attached hydrogen (secondary N) is 1. The summed E-state index contributed by atoms with van der Waals surface area (Å²) >= 11 is 0. The number of ether oxygens (including phenoxy) is 2. The van der Waals surface area contributed by atoms with Crippen molar-refractivity contribution in [1.29, 1.82) is 0 Å². The second-order valence-corrected chi connectivity index (χ2v) is 8.14. The van der Waals surface area contributed by atoms with Crippen molar-refractivity contribution >= 4 is 12.0 Å². The second-order valence-electron chi connectivity index (χ2n) is 8.14. The van der Waals surface area contributed by atoms with Gasteiger partial charge in [0.1, 0.15) is 6.61 Å². The molecule has 0 aromatic heterocycles. The van der Waals surface area contributed by atoms with Crippen molar-refractivity contribution in [2.45, 2.75) is 43.4 Å². The molecule has 0 unspecified atom stereocenters. The summed E-state index contributed by atoms with van der Waals surface area (Å²) in [5.41, 5.74) is -4.01. The maximum absolute atomic E-state index is 13.0. The Hall–Kier alpha value is -2.50. The Morgan fingerprint density at radius 3 is 2.32 bits per heavy atom. The van der Waals surface area contributed by atoms with Crippen LogP contribution in [0, 0.1) is 5.92 Å². The van der Waals surface area contributed by atoms with Crippen molar-refractivity contribution in [3.8, 4) is 0 Å². The highest BCUT2D eigenvalue weighted by Gasteiger charge is 2.54. The van der Waals surface area contributed by atoms with Gasteiger partial charge in [-0.25, -0.2) is 4.79 Å². The number of alkyl carbamates (subject to hydrolysis) is 1. The molecule has 0 atom stereocenters. The Balaban J connectivity index is 1.27. The number of likely N-dealkylation sites (tertiary alicyclic amines) is 1. The Bertz CT molecular complexity index is 888.